The molecule has 41 heavy (non-hydrogen) atoms. The Kier molecular flexibility index (Phi) is 7.92. The minimum absolute atomic E-state index is 0.0769. The minimum atomic E-state index is -4.88. The summed E-state index contributed by atoms with van der Waals surface area (Å²) in [6.45, 7) is 0. The quantitative estimate of drug-likeness (QED) is 0.202. The molecule has 0 bridgehead atoms. The molecule has 3 N–H and O–H groups in total. The number of ether oxygens (including phenoxy) is 1. The lowest BCUT2D eigenvalue weighted by molar-refractivity contribution is -0.143. The summed E-state index contributed by atoms with van der Waals surface area (Å²) < 4.78 is 63.2. The van der Waals surface area contributed by atoms with Crippen molar-refractivity contribution in [3.63, 3.8) is 0 Å². The van der Waals surface area contributed by atoms with Crippen LogP contribution in [0.5, 0.6) is 11.5 Å². The van der Waals surface area contributed by atoms with E-state index < -0.39 is 29.2 Å². The lowest BCUT2D eigenvalue weighted by Gasteiger charge is -2.16. The van der Waals surface area contributed by atoms with Gasteiger partial charge in [-0.1, -0.05) is 49.3 Å². The minimum Gasteiger partial charge on any atom is -0.453 e. The van der Waals surface area contributed by atoms with Crippen LogP contribution in [-0.4, -0.2) is 20.7 Å². The van der Waals surface area contributed by atoms with Crippen molar-refractivity contribution in [2.24, 2.45) is 5.92 Å². The molecule has 0 atom stereocenters. The third-order valence-corrected chi connectivity index (χ3v) is 6.64. The van der Waals surface area contributed by atoms with Gasteiger partial charge >= 0.3 is 6.18 Å². The predicted molar refractivity (Wildman–Crippen MR) is 145 cm³/mol. The Morgan fingerprint density at radius 1 is 1.05 bits per heavy atom. The lowest BCUT2D eigenvalue weighted by Crippen LogP contribution is -2.20. The molecule has 2 aromatic heterocycles. The number of hydrogen-bond donors (Lipinski definition) is 2. The summed E-state index contributed by atoms with van der Waals surface area (Å²) in [5.74, 6) is 4.69. The van der Waals surface area contributed by atoms with Gasteiger partial charge in [0.1, 0.15) is 17.1 Å². The van der Waals surface area contributed by atoms with Crippen LogP contribution in [0.1, 0.15) is 53.7 Å². The molecule has 1 saturated carbocycles. The van der Waals surface area contributed by atoms with Crippen molar-refractivity contribution in [2.75, 3.05) is 11.1 Å². The number of nitrogens with two attached hydrogens (primary N) is 1. The molecule has 4 aromatic rings. The third kappa shape index (κ3) is 6.32. The van der Waals surface area contributed by atoms with Crippen LogP contribution in [0.25, 0.3) is 5.69 Å². The van der Waals surface area contributed by atoms with E-state index in [9.17, 15) is 18.0 Å². The van der Waals surface area contributed by atoms with Gasteiger partial charge in [-0.15, -0.1) is 0 Å². The highest BCUT2D eigenvalue weighted by Gasteiger charge is 2.40. The highest BCUT2D eigenvalue weighted by atomic mass is 19.4. The second-order valence-electron chi connectivity index (χ2n) is 9.53. The molecule has 5 rings (SSSR count). The van der Waals surface area contributed by atoms with Gasteiger partial charge in [0.25, 0.3) is 5.91 Å². The molecule has 1 aliphatic carbocycles. The number of nitrogens with zero attached hydrogens (tertiary/aromatic N) is 3. The molecule has 7 nitrogen and oxygen atoms in total. The number of aromatic nitrogens is 3. The van der Waals surface area contributed by atoms with E-state index in [1.54, 1.807) is 18.2 Å². The van der Waals surface area contributed by atoms with Crippen LogP contribution in [-0.2, 0) is 6.18 Å². The first kappa shape index (κ1) is 27.7. The Morgan fingerprint density at radius 2 is 1.80 bits per heavy atom. The smallest absolute Gasteiger partial charge is 0.434 e. The van der Waals surface area contributed by atoms with Crippen LogP contribution >= 0.6 is 0 Å². The van der Waals surface area contributed by atoms with E-state index in [-0.39, 0.29) is 34.6 Å². The van der Waals surface area contributed by atoms with Gasteiger partial charge < -0.3 is 15.8 Å². The van der Waals surface area contributed by atoms with Gasteiger partial charge in [-0.25, -0.2) is 14.1 Å². The average molecular weight is 564 g/mol. The number of nitrogens with one attached hydrogen (secondary N) is 1. The molecule has 2 heterocycles. The van der Waals surface area contributed by atoms with Crippen LogP contribution in [0.4, 0.5) is 29.1 Å². The lowest BCUT2D eigenvalue weighted by atomic mass is 9.89. The molecular weight excluding hydrogens is 538 g/mol. The van der Waals surface area contributed by atoms with Crippen LogP contribution < -0.4 is 15.8 Å². The molecule has 2 aromatic carbocycles. The van der Waals surface area contributed by atoms with Gasteiger partial charge in [0.2, 0.25) is 0 Å². The van der Waals surface area contributed by atoms with Gasteiger partial charge in [-0.05, 0) is 37.1 Å². The summed E-state index contributed by atoms with van der Waals surface area (Å²) in [7, 11) is 0. The third-order valence-electron chi connectivity index (χ3n) is 6.64. The number of amides is 1. The van der Waals surface area contributed by atoms with Crippen molar-refractivity contribution in [1.29, 1.82) is 0 Å². The molecule has 0 unspecified atom stereocenters. The second kappa shape index (κ2) is 11.7. The van der Waals surface area contributed by atoms with Crippen molar-refractivity contribution in [1.82, 2.24) is 14.8 Å². The molecular formula is C30H25F4N5O2. The van der Waals surface area contributed by atoms with Crippen LogP contribution in [0.2, 0.25) is 0 Å². The van der Waals surface area contributed by atoms with Gasteiger partial charge in [0.05, 0.1) is 17.4 Å². The van der Waals surface area contributed by atoms with E-state index in [0.717, 1.165) is 37.9 Å². The molecule has 0 spiro atoms. The second-order valence-corrected chi connectivity index (χ2v) is 9.53. The molecule has 1 fully saturated rings. The fourth-order valence-electron chi connectivity index (χ4n) is 4.62. The molecule has 0 saturated heterocycles. The molecule has 210 valence electrons. The first-order valence-corrected chi connectivity index (χ1v) is 13.0. The molecule has 11 heteroatoms. The van der Waals surface area contributed by atoms with E-state index in [1.165, 1.54) is 42.9 Å². The highest BCUT2D eigenvalue weighted by molar-refractivity contribution is 6.05. The zero-order chi connectivity index (χ0) is 29.0. The van der Waals surface area contributed by atoms with Crippen LogP contribution in [0, 0.1) is 23.6 Å². The molecule has 1 amide bonds. The van der Waals surface area contributed by atoms with Crippen molar-refractivity contribution < 1.29 is 27.1 Å². The Morgan fingerprint density at radius 3 is 2.51 bits per heavy atom. The number of halogens is 4. The molecule has 0 aliphatic heterocycles. The first-order chi connectivity index (χ1) is 19.7. The predicted octanol–water partition coefficient (Wildman–Crippen LogP) is 6.98. The van der Waals surface area contributed by atoms with Gasteiger partial charge in [-0.2, -0.15) is 18.3 Å². The first-order valence-electron chi connectivity index (χ1n) is 13.0. The monoisotopic (exact) mass is 563 g/mol. The number of carbonyl (C=O) groups excluding carboxylic acids is 1. The summed E-state index contributed by atoms with van der Waals surface area (Å²) in [6.07, 6.45) is 2.79. The molecule has 1 aliphatic rings. The van der Waals surface area contributed by atoms with Crippen LogP contribution in [0.15, 0.2) is 67.0 Å². The fourth-order valence-corrected chi connectivity index (χ4v) is 4.62. The van der Waals surface area contributed by atoms with Crippen molar-refractivity contribution in [2.45, 2.75) is 38.3 Å². The molecule has 0 radical (unpaired) electrons. The van der Waals surface area contributed by atoms with Crippen LogP contribution in [0.3, 0.4) is 0 Å². The van der Waals surface area contributed by atoms with E-state index >= 15 is 4.39 Å². The maximum Gasteiger partial charge on any atom is 0.434 e. The van der Waals surface area contributed by atoms with Crippen molar-refractivity contribution >= 4 is 17.4 Å². The fraction of sp³-hybridized carbons (Fsp3) is 0.233. The summed E-state index contributed by atoms with van der Waals surface area (Å²) >= 11 is 0. The van der Waals surface area contributed by atoms with Crippen molar-refractivity contribution in [3.8, 4) is 29.0 Å². The Hall–Kier alpha value is -4.85. The van der Waals surface area contributed by atoms with Gasteiger partial charge in [0, 0.05) is 29.9 Å². The maximum atomic E-state index is 15.0. The SMILES string of the molecule is Nc1nccc(Oc2ccc(NC(=O)c3cnn(-c4ccccc4)c3C(F)(F)F)cc2F)c1C#CC1CCCCC1. The van der Waals surface area contributed by atoms with Gasteiger partial charge in [-0.3, -0.25) is 4.79 Å². The maximum absolute atomic E-state index is 15.0. The Labute approximate surface area is 233 Å². The number of rotatable bonds is 5. The number of alkyl halides is 3. The van der Waals surface area contributed by atoms with Crippen molar-refractivity contribution in [3.05, 3.63) is 89.6 Å². The number of carbonyl (C=O) groups is 1. The number of benzene rings is 2. The Balaban J connectivity index is 1.36. The standard InChI is InChI=1S/C30H25F4N5O2/c31-24-17-20(38-29(40)23-18-37-39(27(23)30(32,33)34)21-9-5-2-6-10-21)12-14-26(24)41-25-15-16-36-28(35)22(25)13-11-19-7-3-1-4-8-19/h2,5-6,9-10,12,14-19H,1,3-4,7-8H2,(H2,35,36)(H,38,40). The number of hydrogen-bond acceptors (Lipinski definition) is 5. The largest absolute Gasteiger partial charge is 0.453 e. The summed E-state index contributed by atoms with van der Waals surface area (Å²) in [5, 5.41) is 6.07. The summed E-state index contributed by atoms with van der Waals surface area (Å²) in [5.41, 5.74) is 4.45. The highest BCUT2D eigenvalue weighted by Crippen LogP contribution is 2.35. The normalized spacial score (nSPS) is 13.8. The number of pyridine rings is 1. The summed E-state index contributed by atoms with van der Waals surface area (Å²) in [6, 6.07) is 12.6. The Bertz CT molecular complexity index is 1620. The topological polar surface area (TPSA) is 95.1 Å². The number of para-hydroxylation sites is 1. The number of anilines is 2. The van der Waals surface area contributed by atoms with E-state index in [1.807, 2.05) is 0 Å². The van der Waals surface area contributed by atoms with E-state index in [4.69, 9.17) is 10.5 Å². The summed E-state index contributed by atoms with van der Waals surface area (Å²) in [4.78, 5) is 16.9. The zero-order valence-corrected chi connectivity index (χ0v) is 21.7. The van der Waals surface area contributed by atoms with E-state index in [2.05, 4.69) is 27.2 Å². The van der Waals surface area contributed by atoms with E-state index in [0.29, 0.717) is 10.2 Å². The van der Waals surface area contributed by atoms with Gasteiger partial charge in [0.15, 0.2) is 17.3 Å². The zero-order valence-electron chi connectivity index (χ0n) is 21.7. The number of nitrogen functional groups attached to an aromatic ring is 1. The average Bonchev–Trinajstić information content (AvgIpc) is 3.42.